The van der Waals surface area contributed by atoms with E-state index in [1.54, 1.807) is 59.1 Å². The first-order chi connectivity index (χ1) is 33.7. The van der Waals surface area contributed by atoms with Gasteiger partial charge in [-0.05, 0) is 114 Å². The molecule has 0 radical (unpaired) electrons. The van der Waals surface area contributed by atoms with E-state index in [0.717, 1.165) is 30.4 Å². The van der Waals surface area contributed by atoms with Crippen molar-refractivity contribution in [2.45, 2.75) is 142 Å². The number of carbonyl (C=O) groups excluding carboxylic acids is 8. The smallest absolute Gasteiger partial charge is 0.246 e. The molecule has 71 heavy (non-hydrogen) atoms. The molecule has 2 saturated heterocycles. The molecule has 16 nitrogen and oxygen atoms in total. The summed E-state index contributed by atoms with van der Waals surface area (Å²) in [4.78, 5) is 114. The molecule has 3 aromatic rings. The van der Waals surface area contributed by atoms with Gasteiger partial charge in [0.1, 0.15) is 24.2 Å². The molecule has 3 aromatic carbocycles. The van der Waals surface area contributed by atoms with E-state index < -0.39 is 65.3 Å². The number of Topliss-reactive ketones (excluding diaryl/α,β-unsaturated/α-hetero) is 2. The summed E-state index contributed by atoms with van der Waals surface area (Å²) in [6.45, 7) is 12.6. The number of hydrogen-bond donors (Lipinski definition) is 6. The van der Waals surface area contributed by atoms with E-state index in [1.165, 1.54) is 15.4 Å². The Morgan fingerprint density at radius 1 is 0.620 bits per heavy atom. The molecule has 0 bridgehead atoms. The van der Waals surface area contributed by atoms with Gasteiger partial charge in [0.15, 0.2) is 11.6 Å². The fourth-order valence-electron chi connectivity index (χ4n) is 10.1. The summed E-state index contributed by atoms with van der Waals surface area (Å²) in [5.41, 5.74) is 3.00. The van der Waals surface area contributed by atoms with Gasteiger partial charge in [-0.3, -0.25) is 38.4 Å². The van der Waals surface area contributed by atoms with Crippen LogP contribution in [0.5, 0.6) is 0 Å². The van der Waals surface area contributed by atoms with Crippen molar-refractivity contribution in [2.75, 3.05) is 27.2 Å². The zero-order valence-electron chi connectivity index (χ0n) is 42.8. The molecule has 6 N–H and O–H groups in total. The lowest BCUT2D eigenvalue weighted by Crippen LogP contribution is -2.59. The predicted molar refractivity (Wildman–Crippen MR) is 271 cm³/mol. The van der Waals surface area contributed by atoms with Gasteiger partial charge in [-0.25, -0.2) is 0 Å². The molecule has 1 aliphatic carbocycles. The van der Waals surface area contributed by atoms with Crippen LogP contribution in [0.15, 0.2) is 78.9 Å². The number of likely N-dealkylation sites (N-methyl/N-ethyl adjacent to an activating group) is 2. The molecule has 2 fully saturated rings. The molecular weight excluding hydrogens is 901 g/mol. The second-order valence-corrected chi connectivity index (χ2v) is 20.9. The van der Waals surface area contributed by atoms with E-state index in [-0.39, 0.29) is 86.1 Å². The molecule has 3 aliphatic rings. The van der Waals surface area contributed by atoms with Crippen LogP contribution in [0.3, 0.4) is 0 Å². The molecular formula is C55H74N8O8. The fourth-order valence-corrected chi connectivity index (χ4v) is 10.1. The average Bonchev–Trinajstić information content (AvgIpc) is 3.99. The number of benzene rings is 3. The minimum absolute atomic E-state index is 0.000506. The van der Waals surface area contributed by atoms with Crippen LogP contribution < -0.4 is 31.9 Å². The van der Waals surface area contributed by atoms with Gasteiger partial charge in [-0.15, -0.1) is 0 Å². The molecule has 6 rings (SSSR count). The SMILES string of the molecule is CN[C@@H](C)C(=O)N[C@@H](C)C(=O)N1C[C@@H](CC(=O)c2cccc(C(=O)C[C@H]3C[C@@H](C(=O)N[C@@H]4CCCc5ccccc54)N(C(=O)[C@@H](NC(=O)[C@H](C)NC)C(C)(C)C)C3)c2)C[C@H]1C(=O)N[C@H](C)c1ccccc1. The van der Waals surface area contributed by atoms with Crippen molar-refractivity contribution in [3.05, 3.63) is 107 Å². The Kier molecular flexibility index (Phi) is 18.1. The maximum atomic E-state index is 14.7. The third-order valence-corrected chi connectivity index (χ3v) is 14.5. The first-order valence-corrected chi connectivity index (χ1v) is 25.2. The molecule has 10 atom stereocenters. The summed E-state index contributed by atoms with van der Waals surface area (Å²) in [6.07, 6.45) is 3.00. The van der Waals surface area contributed by atoms with Gasteiger partial charge >= 0.3 is 0 Å². The Morgan fingerprint density at radius 3 is 1.73 bits per heavy atom. The van der Waals surface area contributed by atoms with Gasteiger partial charge in [0.05, 0.1) is 24.2 Å². The van der Waals surface area contributed by atoms with E-state index in [0.29, 0.717) is 11.1 Å². The number of ketones is 2. The summed E-state index contributed by atoms with van der Waals surface area (Å²) in [5, 5.41) is 17.7. The summed E-state index contributed by atoms with van der Waals surface area (Å²) in [6, 6.07) is 18.6. The highest BCUT2D eigenvalue weighted by Gasteiger charge is 2.46. The highest BCUT2D eigenvalue weighted by atomic mass is 16.2. The van der Waals surface area contributed by atoms with Crippen molar-refractivity contribution < 1.29 is 38.4 Å². The summed E-state index contributed by atoms with van der Waals surface area (Å²) in [7, 11) is 3.30. The summed E-state index contributed by atoms with van der Waals surface area (Å²) < 4.78 is 0. The number of nitrogens with one attached hydrogen (secondary N) is 6. The molecule has 2 heterocycles. The third kappa shape index (κ3) is 13.4. The molecule has 0 saturated carbocycles. The van der Waals surface area contributed by atoms with E-state index in [4.69, 9.17) is 0 Å². The number of likely N-dealkylation sites (tertiary alicyclic amines) is 2. The second-order valence-electron chi connectivity index (χ2n) is 20.9. The van der Waals surface area contributed by atoms with Crippen molar-refractivity contribution in [1.82, 2.24) is 41.7 Å². The van der Waals surface area contributed by atoms with Crippen LogP contribution in [0, 0.1) is 17.3 Å². The van der Waals surface area contributed by atoms with E-state index in [1.807, 2.05) is 76.2 Å². The van der Waals surface area contributed by atoms with Crippen LogP contribution in [-0.2, 0) is 35.2 Å². The standard InChI is InChI=1S/C55H74N8O8/c1-32(38-17-11-10-12-18-38)58-51(68)44-25-36(30-62(44)53(70)35(4)59-49(66)33(2)56-8)27-46(64)40-21-15-22-41(29-40)47(65)28-37-26-45(52(69)60-43-24-16-20-39-19-13-14-23-42(39)43)63(31-37)54(71)48(55(5,6)7)61-50(67)34(3)57-9/h10-15,17-19,21-23,29,32-37,43-45,48,56-57H,16,20,24-28,30-31H2,1-9H3,(H,58,68)(H,59,66)(H,60,69)(H,61,67)/t32-,33+,34+,35+,36-,37-,43-,44+,45+,48-/m1/s1. The molecule has 382 valence electrons. The molecule has 6 amide bonds. The van der Waals surface area contributed by atoms with Crippen molar-refractivity contribution in [1.29, 1.82) is 0 Å². The Bertz CT molecular complexity index is 2440. The van der Waals surface area contributed by atoms with E-state index in [2.05, 4.69) is 38.0 Å². The second kappa shape index (κ2) is 23.8. The van der Waals surface area contributed by atoms with Crippen LogP contribution in [0.2, 0.25) is 0 Å². The number of fused-ring (bicyclic) bond motifs is 1. The van der Waals surface area contributed by atoms with Crippen LogP contribution in [0.25, 0.3) is 0 Å². The number of rotatable bonds is 19. The van der Waals surface area contributed by atoms with Gasteiger partial charge < -0.3 is 41.7 Å². The van der Waals surface area contributed by atoms with Gasteiger partial charge in [0.25, 0.3) is 0 Å². The monoisotopic (exact) mass is 975 g/mol. The lowest BCUT2D eigenvalue weighted by atomic mass is 9.85. The maximum Gasteiger partial charge on any atom is 0.246 e. The highest BCUT2D eigenvalue weighted by molar-refractivity contribution is 6.02. The quantitative estimate of drug-likeness (QED) is 0.0920. The normalized spacial score (nSPS) is 22.0. The fraction of sp³-hybridized carbons (Fsp3) is 0.527. The van der Waals surface area contributed by atoms with Crippen LogP contribution in [-0.4, -0.2) is 120 Å². The Morgan fingerprint density at radius 2 is 1.15 bits per heavy atom. The maximum absolute atomic E-state index is 14.7. The predicted octanol–water partition coefficient (Wildman–Crippen LogP) is 4.59. The highest BCUT2D eigenvalue weighted by Crippen LogP contribution is 2.35. The molecule has 0 aromatic heterocycles. The van der Waals surface area contributed by atoms with Crippen molar-refractivity contribution >= 4 is 47.0 Å². The Labute approximate surface area is 418 Å². The lowest BCUT2D eigenvalue weighted by molar-refractivity contribution is -0.144. The van der Waals surface area contributed by atoms with E-state index in [9.17, 15) is 38.4 Å². The van der Waals surface area contributed by atoms with Crippen molar-refractivity contribution in [2.24, 2.45) is 17.3 Å². The molecule has 0 unspecified atom stereocenters. The van der Waals surface area contributed by atoms with E-state index >= 15 is 0 Å². The number of amides is 6. The summed E-state index contributed by atoms with van der Waals surface area (Å²) in [5.74, 6) is -3.57. The largest absolute Gasteiger partial charge is 0.348 e. The van der Waals surface area contributed by atoms with Gasteiger partial charge in [-0.1, -0.05) is 93.6 Å². The Hall–Kier alpha value is -6.26. The van der Waals surface area contributed by atoms with Crippen LogP contribution >= 0.6 is 0 Å². The van der Waals surface area contributed by atoms with Crippen LogP contribution in [0.4, 0.5) is 0 Å². The minimum Gasteiger partial charge on any atom is -0.348 e. The zero-order valence-corrected chi connectivity index (χ0v) is 42.8. The lowest BCUT2D eigenvalue weighted by Gasteiger charge is -2.36. The number of hydrogen-bond acceptors (Lipinski definition) is 10. The number of carbonyl (C=O) groups is 8. The topological polar surface area (TPSA) is 215 Å². The average molecular weight is 975 g/mol. The summed E-state index contributed by atoms with van der Waals surface area (Å²) >= 11 is 0. The van der Waals surface area contributed by atoms with Crippen molar-refractivity contribution in [3.8, 4) is 0 Å². The first-order valence-electron chi connectivity index (χ1n) is 25.2. The third-order valence-electron chi connectivity index (χ3n) is 14.5. The number of nitrogens with zero attached hydrogens (tertiary/aromatic N) is 2. The van der Waals surface area contributed by atoms with Gasteiger partial charge in [0.2, 0.25) is 35.4 Å². The molecule has 16 heteroatoms. The van der Waals surface area contributed by atoms with Crippen LogP contribution in [0.1, 0.15) is 136 Å². The van der Waals surface area contributed by atoms with Gasteiger partial charge in [-0.2, -0.15) is 0 Å². The van der Waals surface area contributed by atoms with Crippen molar-refractivity contribution in [3.63, 3.8) is 0 Å². The van der Waals surface area contributed by atoms with Gasteiger partial charge in [0, 0.05) is 37.1 Å². The zero-order chi connectivity index (χ0) is 51.7. The Balaban J connectivity index is 1.17. The minimum atomic E-state index is -0.960. The number of aryl methyl sites for hydroxylation is 1. The molecule has 0 spiro atoms. The molecule has 2 aliphatic heterocycles. The first kappa shape index (κ1) is 54.1.